The number of nitrogens with zero attached hydrogens (tertiary/aromatic N) is 3. The highest BCUT2D eigenvalue weighted by molar-refractivity contribution is 5.96. The quantitative estimate of drug-likeness (QED) is 0.579. The summed E-state index contributed by atoms with van der Waals surface area (Å²) in [5.41, 5.74) is -0.00782. The number of amides is 1. The third-order valence-corrected chi connectivity index (χ3v) is 1.93. The van der Waals surface area contributed by atoms with Crippen LogP contribution in [-0.2, 0) is 7.05 Å². The zero-order valence-electron chi connectivity index (χ0n) is 8.77. The molecule has 7 nitrogen and oxygen atoms in total. The van der Waals surface area contributed by atoms with E-state index in [0.29, 0.717) is 6.54 Å². The first-order valence-corrected chi connectivity index (χ1v) is 4.45. The average Bonchev–Trinajstić information content (AvgIpc) is 2.41. The molecule has 1 aromatic rings. The Kier molecular flexibility index (Phi) is 3.03. The predicted octanol–water partition coefficient (Wildman–Crippen LogP) is 0.386. The number of rotatable bonds is 3. The lowest BCUT2D eigenvalue weighted by molar-refractivity contribution is -0.385. The van der Waals surface area contributed by atoms with Crippen LogP contribution >= 0.6 is 0 Å². The minimum Gasteiger partial charge on any atom is -0.351 e. The molecule has 0 radical (unpaired) electrons. The number of carbonyl (C=O) groups is 1. The van der Waals surface area contributed by atoms with Crippen LogP contribution in [-0.4, -0.2) is 27.2 Å². The maximum Gasteiger partial charge on any atom is 0.322 e. The van der Waals surface area contributed by atoms with Gasteiger partial charge in [0, 0.05) is 13.6 Å². The van der Waals surface area contributed by atoms with Crippen LogP contribution in [0.2, 0.25) is 0 Å². The molecule has 0 bridgehead atoms. The van der Waals surface area contributed by atoms with E-state index in [2.05, 4.69) is 10.4 Å². The summed E-state index contributed by atoms with van der Waals surface area (Å²) in [4.78, 5) is 21.7. The van der Waals surface area contributed by atoms with Crippen molar-refractivity contribution in [3.8, 4) is 0 Å². The van der Waals surface area contributed by atoms with E-state index in [1.54, 1.807) is 6.92 Å². The second-order valence-electron chi connectivity index (χ2n) is 3.02. The van der Waals surface area contributed by atoms with E-state index in [1.165, 1.54) is 18.7 Å². The smallest absolute Gasteiger partial charge is 0.322 e. The van der Waals surface area contributed by atoms with Gasteiger partial charge in [-0.3, -0.25) is 19.6 Å². The first-order chi connectivity index (χ1) is 6.99. The van der Waals surface area contributed by atoms with Gasteiger partial charge in [0.25, 0.3) is 5.91 Å². The van der Waals surface area contributed by atoms with E-state index in [9.17, 15) is 14.9 Å². The van der Waals surface area contributed by atoms with Crippen molar-refractivity contribution in [1.29, 1.82) is 0 Å². The Hall–Kier alpha value is -1.92. The van der Waals surface area contributed by atoms with Crippen molar-refractivity contribution in [1.82, 2.24) is 15.1 Å². The normalized spacial score (nSPS) is 10.1. The average molecular weight is 212 g/mol. The number of hydrogen-bond acceptors (Lipinski definition) is 4. The summed E-state index contributed by atoms with van der Waals surface area (Å²) in [6, 6.07) is 0. The van der Waals surface area contributed by atoms with Crippen LogP contribution in [0.1, 0.15) is 23.1 Å². The molecule has 82 valence electrons. The van der Waals surface area contributed by atoms with E-state index in [0.717, 1.165) is 0 Å². The lowest BCUT2D eigenvalue weighted by Gasteiger charge is -2.01. The van der Waals surface area contributed by atoms with Crippen LogP contribution in [0.5, 0.6) is 0 Å². The fraction of sp³-hybridized carbons (Fsp3) is 0.500. The Morgan fingerprint density at radius 2 is 2.27 bits per heavy atom. The molecule has 1 aromatic heterocycles. The fourth-order valence-electron chi connectivity index (χ4n) is 1.36. The number of hydrogen-bond donors (Lipinski definition) is 1. The zero-order chi connectivity index (χ0) is 11.6. The van der Waals surface area contributed by atoms with Gasteiger partial charge in [0.1, 0.15) is 5.69 Å². The summed E-state index contributed by atoms with van der Waals surface area (Å²) in [5.74, 6) is -0.479. The Labute approximate surface area is 86.2 Å². The maximum atomic E-state index is 11.5. The monoisotopic (exact) mass is 212 g/mol. The Balaban J connectivity index is 3.26. The van der Waals surface area contributed by atoms with Crippen LogP contribution in [0, 0.1) is 17.0 Å². The molecule has 15 heavy (non-hydrogen) atoms. The molecule has 0 aliphatic carbocycles. The van der Waals surface area contributed by atoms with Gasteiger partial charge in [-0.15, -0.1) is 0 Å². The van der Waals surface area contributed by atoms with Crippen molar-refractivity contribution in [3.05, 3.63) is 21.5 Å². The number of aryl methyl sites for hydroxylation is 2. The first-order valence-electron chi connectivity index (χ1n) is 4.45. The Bertz CT molecular complexity index is 410. The molecule has 0 fully saturated rings. The third kappa shape index (κ3) is 1.95. The molecule has 0 aromatic carbocycles. The van der Waals surface area contributed by atoms with Crippen molar-refractivity contribution in [2.24, 2.45) is 7.05 Å². The maximum absolute atomic E-state index is 11.5. The summed E-state index contributed by atoms with van der Waals surface area (Å²) >= 11 is 0. The lowest BCUT2D eigenvalue weighted by Crippen LogP contribution is -2.25. The SMILES string of the molecule is CCNC(=O)c1c([N+](=O)[O-])c(C)nn1C. The van der Waals surface area contributed by atoms with E-state index < -0.39 is 10.8 Å². The Morgan fingerprint density at radius 3 is 2.73 bits per heavy atom. The van der Waals surface area contributed by atoms with E-state index in [4.69, 9.17) is 0 Å². The van der Waals surface area contributed by atoms with E-state index >= 15 is 0 Å². The van der Waals surface area contributed by atoms with Crippen molar-refractivity contribution >= 4 is 11.6 Å². The number of carbonyl (C=O) groups excluding carboxylic acids is 1. The highest BCUT2D eigenvalue weighted by atomic mass is 16.6. The second-order valence-corrected chi connectivity index (χ2v) is 3.02. The summed E-state index contributed by atoms with van der Waals surface area (Å²) < 4.78 is 1.22. The minimum absolute atomic E-state index is 0.0145. The molecule has 0 aliphatic heterocycles. The highest BCUT2D eigenvalue weighted by Gasteiger charge is 2.28. The van der Waals surface area contributed by atoms with Crippen molar-refractivity contribution in [2.75, 3.05) is 6.54 Å². The highest BCUT2D eigenvalue weighted by Crippen LogP contribution is 2.21. The molecule has 1 rings (SSSR count). The van der Waals surface area contributed by atoms with Gasteiger partial charge in [0.05, 0.1) is 4.92 Å². The predicted molar refractivity (Wildman–Crippen MR) is 52.6 cm³/mol. The molecule has 0 atom stereocenters. The zero-order valence-corrected chi connectivity index (χ0v) is 8.77. The molecule has 0 saturated heterocycles. The van der Waals surface area contributed by atoms with Gasteiger partial charge in [-0.1, -0.05) is 0 Å². The molecule has 7 heteroatoms. The summed E-state index contributed by atoms with van der Waals surface area (Å²) in [6.45, 7) is 3.66. The topological polar surface area (TPSA) is 90.1 Å². The largest absolute Gasteiger partial charge is 0.351 e. The van der Waals surface area contributed by atoms with Gasteiger partial charge in [-0.25, -0.2) is 0 Å². The third-order valence-electron chi connectivity index (χ3n) is 1.93. The molecule has 0 aliphatic rings. The Morgan fingerprint density at radius 1 is 1.67 bits per heavy atom. The van der Waals surface area contributed by atoms with Crippen LogP contribution in [0.4, 0.5) is 5.69 Å². The summed E-state index contributed by atoms with van der Waals surface area (Å²) in [6.07, 6.45) is 0. The molecule has 1 N–H and O–H groups in total. The molecular weight excluding hydrogens is 200 g/mol. The second kappa shape index (κ2) is 4.07. The molecule has 1 amide bonds. The van der Waals surface area contributed by atoms with E-state index in [1.807, 2.05) is 0 Å². The van der Waals surface area contributed by atoms with Gasteiger partial charge in [-0.2, -0.15) is 5.10 Å². The standard InChI is InChI=1S/C8H12N4O3/c1-4-9-8(13)7-6(12(14)15)5(2)10-11(7)3/h4H2,1-3H3,(H,9,13). The van der Waals surface area contributed by atoms with Crippen molar-refractivity contribution in [2.45, 2.75) is 13.8 Å². The van der Waals surface area contributed by atoms with Crippen molar-refractivity contribution in [3.63, 3.8) is 0 Å². The molecule has 0 saturated carbocycles. The number of aromatic nitrogens is 2. The number of nitro groups is 1. The first kappa shape index (κ1) is 11.2. The van der Waals surface area contributed by atoms with Crippen LogP contribution in [0.3, 0.4) is 0 Å². The van der Waals surface area contributed by atoms with Gasteiger partial charge >= 0.3 is 5.69 Å². The lowest BCUT2D eigenvalue weighted by atomic mass is 10.3. The van der Waals surface area contributed by atoms with Gasteiger partial charge < -0.3 is 5.32 Å². The number of nitrogens with one attached hydrogen (secondary N) is 1. The van der Waals surface area contributed by atoms with Crippen LogP contribution < -0.4 is 5.32 Å². The summed E-state index contributed by atoms with van der Waals surface area (Å²) in [5, 5.41) is 17.1. The van der Waals surface area contributed by atoms with Crippen LogP contribution in [0.25, 0.3) is 0 Å². The van der Waals surface area contributed by atoms with Gasteiger partial charge in [0.2, 0.25) is 5.69 Å². The summed E-state index contributed by atoms with van der Waals surface area (Å²) in [7, 11) is 1.50. The fourth-order valence-corrected chi connectivity index (χ4v) is 1.36. The van der Waals surface area contributed by atoms with Gasteiger partial charge in [-0.05, 0) is 13.8 Å². The molecule has 0 spiro atoms. The van der Waals surface area contributed by atoms with E-state index in [-0.39, 0.29) is 17.1 Å². The molecule has 1 heterocycles. The molecule has 0 unspecified atom stereocenters. The van der Waals surface area contributed by atoms with Gasteiger partial charge in [0.15, 0.2) is 0 Å². The molecular formula is C8H12N4O3. The van der Waals surface area contributed by atoms with Crippen molar-refractivity contribution < 1.29 is 9.72 Å². The van der Waals surface area contributed by atoms with Crippen LogP contribution in [0.15, 0.2) is 0 Å². The minimum atomic E-state index is -0.590.